The minimum atomic E-state index is -4.27. The number of amides is 2. The molecule has 2 amide bonds. The number of benzene rings is 2. The average Bonchev–Trinajstić information content (AvgIpc) is 3.53. The van der Waals surface area contributed by atoms with Crippen molar-refractivity contribution >= 4 is 21.7 Å². The predicted octanol–water partition coefficient (Wildman–Crippen LogP) is 3.65. The maximum Gasteiger partial charge on any atom is 0.333 e. The first-order valence-electron chi connectivity index (χ1n) is 12.0. The summed E-state index contributed by atoms with van der Waals surface area (Å²) in [6, 6.07) is 12.2. The van der Waals surface area contributed by atoms with Crippen molar-refractivity contribution in [2.75, 3.05) is 5.32 Å². The third kappa shape index (κ3) is 4.70. The number of hydrogen-bond acceptors (Lipinski definition) is 5. The number of aliphatic hydroxyl groups is 1. The van der Waals surface area contributed by atoms with E-state index in [0.29, 0.717) is 5.69 Å². The van der Waals surface area contributed by atoms with Crippen LogP contribution in [0.1, 0.15) is 60.2 Å². The van der Waals surface area contributed by atoms with E-state index in [0.717, 1.165) is 60.9 Å². The number of aromatic nitrogens is 2. The summed E-state index contributed by atoms with van der Waals surface area (Å²) >= 11 is 0. The number of hydrogen-bond donors (Lipinski definition) is 3. The Morgan fingerprint density at radius 2 is 1.66 bits per heavy atom. The van der Waals surface area contributed by atoms with Gasteiger partial charge in [-0.25, -0.2) is 9.52 Å². The van der Waals surface area contributed by atoms with Crippen LogP contribution in [-0.4, -0.2) is 29.3 Å². The van der Waals surface area contributed by atoms with Gasteiger partial charge in [-0.05, 0) is 80.2 Å². The summed E-state index contributed by atoms with van der Waals surface area (Å²) in [6.45, 7) is 3.42. The second-order valence-electron chi connectivity index (χ2n) is 9.86. The zero-order valence-electron chi connectivity index (χ0n) is 20.0. The molecule has 0 unspecified atom stereocenters. The van der Waals surface area contributed by atoms with Gasteiger partial charge < -0.3 is 10.4 Å². The standard InChI is InChI=1S/C26H30N4O4S/c1-26(2,32)22-15-23(28-30(22)16-17-8-4-3-5-9-17)35(33,34)29-25(31)27-24-20-12-6-10-18(20)14-19-11-7-13-21(19)24/h3-5,8-9,14-15,32H,6-7,10-13,16H2,1-2H3,(H2,27,29,31). The van der Waals surface area contributed by atoms with E-state index in [-0.39, 0.29) is 11.6 Å². The summed E-state index contributed by atoms with van der Waals surface area (Å²) in [5.74, 6) is 0. The van der Waals surface area contributed by atoms with Crippen LogP contribution in [0.25, 0.3) is 0 Å². The molecule has 0 fully saturated rings. The van der Waals surface area contributed by atoms with E-state index in [1.165, 1.54) is 21.9 Å². The number of aryl methyl sites for hydroxylation is 2. The molecule has 184 valence electrons. The Hall–Kier alpha value is -3.17. The molecule has 5 rings (SSSR count). The number of rotatable bonds is 6. The van der Waals surface area contributed by atoms with Gasteiger partial charge in [0.15, 0.2) is 5.03 Å². The first-order chi connectivity index (χ1) is 16.6. The van der Waals surface area contributed by atoms with E-state index in [4.69, 9.17) is 0 Å². The van der Waals surface area contributed by atoms with Crippen LogP contribution in [0.3, 0.4) is 0 Å². The van der Waals surface area contributed by atoms with E-state index in [2.05, 4.69) is 21.2 Å². The number of carbonyl (C=O) groups excluding carboxylic acids is 1. The van der Waals surface area contributed by atoms with Gasteiger partial charge in [-0.15, -0.1) is 0 Å². The molecular formula is C26H30N4O4S. The molecule has 1 aromatic heterocycles. The summed E-state index contributed by atoms with van der Waals surface area (Å²) in [5.41, 5.74) is 5.42. The highest BCUT2D eigenvalue weighted by molar-refractivity contribution is 7.90. The van der Waals surface area contributed by atoms with Crippen molar-refractivity contribution in [2.24, 2.45) is 0 Å². The van der Waals surface area contributed by atoms with Crippen molar-refractivity contribution in [3.8, 4) is 0 Å². The van der Waals surface area contributed by atoms with E-state index in [1.54, 1.807) is 13.8 Å². The Kier molecular flexibility index (Phi) is 5.93. The summed E-state index contributed by atoms with van der Waals surface area (Å²) in [6.07, 6.45) is 5.79. The number of nitrogens with one attached hydrogen (secondary N) is 2. The first kappa shape index (κ1) is 23.6. The van der Waals surface area contributed by atoms with Crippen molar-refractivity contribution in [1.82, 2.24) is 14.5 Å². The smallest absolute Gasteiger partial charge is 0.333 e. The fourth-order valence-corrected chi connectivity index (χ4v) is 6.05. The fourth-order valence-electron chi connectivity index (χ4n) is 5.17. The average molecular weight is 495 g/mol. The Morgan fingerprint density at radius 1 is 1.03 bits per heavy atom. The lowest BCUT2D eigenvalue weighted by Gasteiger charge is -2.18. The van der Waals surface area contributed by atoms with Gasteiger partial charge in [0, 0.05) is 11.8 Å². The van der Waals surface area contributed by atoms with E-state index in [1.807, 2.05) is 30.3 Å². The van der Waals surface area contributed by atoms with Crippen LogP contribution >= 0.6 is 0 Å². The molecule has 3 N–H and O–H groups in total. The molecule has 2 aliphatic rings. The number of sulfonamides is 1. The van der Waals surface area contributed by atoms with Crippen molar-refractivity contribution in [3.63, 3.8) is 0 Å². The molecule has 0 atom stereocenters. The molecule has 9 heteroatoms. The maximum atomic E-state index is 13.1. The third-order valence-corrected chi connectivity index (χ3v) is 7.98. The van der Waals surface area contributed by atoms with Gasteiger partial charge >= 0.3 is 6.03 Å². The first-order valence-corrected chi connectivity index (χ1v) is 13.4. The number of fused-ring (bicyclic) bond motifs is 2. The van der Waals surface area contributed by atoms with E-state index in [9.17, 15) is 18.3 Å². The second-order valence-corrected chi connectivity index (χ2v) is 11.5. The molecule has 0 aliphatic heterocycles. The van der Waals surface area contributed by atoms with Crippen molar-refractivity contribution < 1.29 is 18.3 Å². The SMILES string of the molecule is CC(C)(O)c1cc(S(=O)(=O)NC(=O)Nc2c3c(cc4c2CCC4)CCC3)nn1Cc1ccccc1. The molecule has 0 radical (unpaired) electrons. The molecular weight excluding hydrogens is 464 g/mol. The monoisotopic (exact) mass is 494 g/mol. The number of carbonyl (C=O) groups is 1. The van der Waals surface area contributed by atoms with Gasteiger partial charge in [0.1, 0.15) is 5.60 Å². The van der Waals surface area contributed by atoms with Gasteiger partial charge in [-0.2, -0.15) is 13.5 Å². The molecule has 0 saturated heterocycles. The molecule has 2 aromatic carbocycles. The minimum absolute atomic E-state index is 0.282. The molecule has 3 aromatic rings. The zero-order valence-corrected chi connectivity index (χ0v) is 20.8. The van der Waals surface area contributed by atoms with Crippen LogP contribution in [0, 0.1) is 0 Å². The fraction of sp³-hybridized carbons (Fsp3) is 0.385. The topological polar surface area (TPSA) is 113 Å². The lowest BCUT2D eigenvalue weighted by Crippen LogP contribution is -2.35. The highest BCUT2D eigenvalue weighted by Crippen LogP contribution is 2.38. The molecule has 35 heavy (non-hydrogen) atoms. The number of urea groups is 1. The van der Waals surface area contributed by atoms with Gasteiger partial charge in [0.2, 0.25) is 0 Å². The van der Waals surface area contributed by atoms with Crippen LogP contribution in [0.5, 0.6) is 0 Å². The molecule has 1 heterocycles. The van der Waals surface area contributed by atoms with Crippen LogP contribution in [0.4, 0.5) is 10.5 Å². The number of nitrogens with zero attached hydrogens (tertiary/aromatic N) is 2. The van der Waals surface area contributed by atoms with Gasteiger partial charge in [0.05, 0.1) is 12.2 Å². The Morgan fingerprint density at radius 3 is 2.26 bits per heavy atom. The second kappa shape index (κ2) is 8.80. The highest BCUT2D eigenvalue weighted by Gasteiger charge is 2.30. The molecule has 0 saturated carbocycles. The quantitative estimate of drug-likeness (QED) is 0.484. The van der Waals surface area contributed by atoms with E-state index < -0.39 is 21.7 Å². The zero-order chi connectivity index (χ0) is 24.8. The van der Waals surface area contributed by atoms with Crippen LogP contribution in [0.2, 0.25) is 0 Å². The van der Waals surface area contributed by atoms with Crippen molar-refractivity contribution in [3.05, 3.63) is 76.0 Å². The Labute approximate surface area is 205 Å². The minimum Gasteiger partial charge on any atom is -0.384 e. The van der Waals surface area contributed by atoms with Crippen LogP contribution in [-0.2, 0) is 47.9 Å². The normalized spacial score (nSPS) is 15.1. The molecule has 0 spiro atoms. The van der Waals surface area contributed by atoms with Crippen molar-refractivity contribution in [1.29, 1.82) is 0 Å². The predicted molar refractivity (Wildman–Crippen MR) is 133 cm³/mol. The Balaban J connectivity index is 1.41. The van der Waals surface area contributed by atoms with E-state index >= 15 is 0 Å². The number of anilines is 1. The summed E-state index contributed by atoms with van der Waals surface area (Å²) in [7, 11) is -4.27. The summed E-state index contributed by atoms with van der Waals surface area (Å²) in [4.78, 5) is 12.9. The lowest BCUT2D eigenvalue weighted by atomic mass is 9.99. The molecule has 2 aliphatic carbocycles. The summed E-state index contributed by atoms with van der Waals surface area (Å²) < 4.78 is 29.8. The van der Waals surface area contributed by atoms with Gasteiger partial charge in [-0.1, -0.05) is 36.4 Å². The third-order valence-electron chi connectivity index (χ3n) is 6.77. The molecule has 8 nitrogen and oxygen atoms in total. The molecule has 0 bridgehead atoms. The Bertz CT molecular complexity index is 1360. The van der Waals surface area contributed by atoms with Crippen LogP contribution < -0.4 is 10.0 Å². The lowest BCUT2D eigenvalue weighted by molar-refractivity contribution is 0.0688. The van der Waals surface area contributed by atoms with Crippen LogP contribution in [0.15, 0.2) is 47.5 Å². The largest absolute Gasteiger partial charge is 0.384 e. The van der Waals surface area contributed by atoms with Crippen molar-refractivity contribution in [2.45, 2.75) is 69.5 Å². The van der Waals surface area contributed by atoms with Gasteiger partial charge in [-0.3, -0.25) is 4.68 Å². The highest BCUT2D eigenvalue weighted by atomic mass is 32.2. The summed E-state index contributed by atoms with van der Waals surface area (Å²) in [5, 5.41) is 17.4. The van der Waals surface area contributed by atoms with Gasteiger partial charge in [0.25, 0.3) is 10.0 Å². The maximum absolute atomic E-state index is 13.1.